The molecule has 0 aliphatic carbocycles. The van der Waals surface area contributed by atoms with Crippen LogP contribution >= 0.6 is 0 Å². The van der Waals surface area contributed by atoms with Crippen LogP contribution in [0.4, 0.5) is 11.6 Å². The van der Waals surface area contributed by atoms with Crippen LogP contribution in [0.5, 0.6) is 0 Å². The van der Waals surface area contributed by atoms with Gasteiger partial charge in [-0.1, -0.05) is 13.8 Å². The molecular formula is C14H23N5O. The van der Waals surface area contributed by atoms with E-state index in [-0.39, 0.29) is 17.7 Å². The van der Waals surface area contributed by atoms with Crippen molar-refractivity contribution in [2.45, 2.75) is 33.1 Å². The lowest BCUT2D eigenvalue weighted by atomic mass is 10.1. The predicted molar refractivity (Wildman–Crippen MR) is 79.9 cm³/mol. The second-order valence-electron chi connectivity index (χ2n) is 5.62. The van der Waals surface area contributed by atoms with Crippen LogP contribution in [-0.2, 0) is 4.79 Å². The Morgan fingerprint density at radius 3 is 2.65 bits per heavy atom. The Balaban J connectivity index is 2.36. The maximum Gasteiger partial charge on any atom is 0.222 e. The molecule has 1 atom stereocenters. The first kappa shape index (κ1) is 14.6. The fourth-order valence-electron chi connectivity index (χ4n) is 2.52. The van der Waals surface area contributed by atoms with E-state index in [1.54, 1.807) is 0 Å². The number of carbonyl (C=O) groups excluding carboxylic acids is 1. The van der Waals surface area contributed by atoms with Gasteiger partial charge in [-0.25, -0.2) is 9.97 Å². The van der Waals surface area contributed by atoms with E-state index in [9.17, 15) is 4.79 Å². The third kappa shape index (κ3) is 2.69. The average Bonchev–Trinajstić information content (AvgIpc) is 2.88. The molecule has 0 spiro atoms. The van der Waals surface area contributed by atoms with Crippen molar-refractivity contribution in [2.75, 3.05) is 30.4 Å². The van der Waals surface area contributed by atoms with Gasteiger partial charge in [-0.05, 0) is 13.3 Å². The van der Waals surface area contributed by atoms with Gasteiger partial charge in [0.15, 0.2) is 0 Å². The highest BCUT2D eigenvalue weighted by Gasteiger charge is 2.29. The minimum absolute atomic E-state index is 0.0788. The molecule has 1 aromatic rings. The lowest BCUT2D eigenvalue weighted by Crippen LogP contribution is -2.28. The second kappa shape index (κ2) is 5.64. The van der Waals surface area contributed by atoms with Gasteiger partial charge in [0.2, 0.25) is 5.91 Å². The number of hydrogen-bond donors (Lipinski definition) is 2. The minimum atomic E-state index is -0.225. The zero-order valence-corrected chi connectivity index (χ0v) is 12.6. The molecule has 2 rings (SSSR count). The Morgan fingerprint density at radius 1 is 1.45 bits per heavy atom. The van der Waals surface area contributed by atoms with Gasteiger partial charge < -0.3 is 16.0 Å². The van der Waals surface area contributed by atoms with Crippen LogP contribution < -0.4 is 16.0 Å². The molecule has 1 aliphatic heterocycles. The van der Waals surface area contributed by atoms with E-state index in [4.69, 9.17) is 5.73 Å². The number of anilines is 2. The molecule has 110 valence electrons. The molecule has 0 radical (unpaired) electrons. The first-order valence-electron chi connectivity index (χ1n) is 7.04. The van der Waals surface area contributed by atoms with E-state index in [1.807, 2.05) is 14.0 Å². The summed E-state index contributed by atoms with van der Waals surface area (Å²) in [5, 5.41) is 3.12. The molecule has 20 heavy (non-hydrogen) atoms. The Hall–Kier alpha value is -1.85. The van der Waals surface area contributed by atoms with Crippen molar-refractivity contribution >= 4 is 17.5 Å². The Kier molecular flexibility index (Phi) is 4.11. The van der Waals surface area contributed by atoms with Crippen molar-refractivity contribution in [3.63, 3.8) is 0 Å². The summed E-state index contributed by atoms with van der Waals surface area (Å²) in [5.41, 5.74) is 6.42. The molecule has 2 heterocycles. The molecule has 1 aromatic heterocycles. The highest BCUT2D eigenvalue weighted by atomic mass is 16.1. The Labute approximate surface area is 119 Å². The number of carbonyl (C=O) groups is 1. The Bertz CT molecular complexity index is 515. The second-order valence-corrected chi connectivity index (χ2v) is 5.62. The largest absolute Gasteiger partial charge is 0.373 e. The van der Waals surface area contributed by atoms with E-state index in [0.717, 1.165) is 36.0 Å². The summed E-state index contributed by atoms with van der Waals surface area (Å²) in [5.74, 6) is 2.54. The molecule has 1 amide bonds. The van der Waals surface area contributed by atoms with Gasteiger partial charge in [0.1, 0.15) is 17.5 Å². The Morgan fingerprint density at radius 2 is 2.15 bits per heavy atom. The van der Waals surface area contributed by atoms with Crippen molar-refractivity contribution in [3.8, 4) is 0 Å². The van der Waals surface area contributed by atoms with Crippen molar-refractivity contribution < 1.29 is 4.79 Å². The van der Waals surface area contributed by atoms with Crippen molar-refractivity contribution in [3.05, 3.63) is 11.4 Å². The number of primary amides is 1. The smallest absolute Gasteiger partial charge is 0.222 e. The van der Waals surface area contributed by atoms with E-state index in [0.29, 0.717) is 6.54 Å². The van der Waals surface area contributed by atoms with Crippen LogP contribution in [-0.4, -0.2) is 36.0 Å². The molecule has 0 bridgehead atoms. The highest BCUT2D eigenvalue weighted by Crippen LogP contribution is 2.29. The molecule has 3 N–H and O–H groups in total. The number of amides is 1. The first-order valence-corrected chi connectivity index (χ1v) is 7.04. The number of rotatable bonds is 4. The maximum atomic E-state index is 11.3. The molecule has 6 nitrogen and oxygen atoms in total. The van der Waals surface area contributed by atoms with Gasteiger partial charge in [0, 0.05) is 31.6 Å². The van der Waals surface area contributed by atoms with E-state index >= 15 is 0 Å². The van der Waals surface area contributed by atoms with Crippen LogP contribution in [0.2, 0.25) is 0 Å². The summed E-state index contributed by atoms with van der Waals surface area (Å²) in [6.07, 6.45) is 0.796. The van der Waals surface area contributed by atoms with Crippen LogP contribution in [0.3, 0.4) is 0 Å². The van der Waals surface area contributed by atoms with Crippen molar-refractivity contribution in [1.82, 2.24) is 9.97 Å². The lowest BCUT2D eigenvalue weighted by Gasteiger charge is -2.22. The van der Waals surface area contributed by atoms with E-state index < -0.39 is 0 Å². The van der Waals surface area contributed by atoms with Gasteiger partial charge in [0.05, 0.1) is 5.92 Å². The lowest BCUT2D eigenvalue weighted by molar-refractivity contribution is -0.121. The zero-order chi connectivity index (χ0) is 14.9. The van der Waals surface area contributed by atoms with Crippen LogP contribution in [0, 0.1) is 12.8 Å². The summed E-state index contributed by atoms with van der Waals surface area (Å²) >= 11 is 0. The molecule has 1 saturated heterocycles. The SMILES string of the molecule is CNc1nc(C(C)C)nc(N2CCC(C(N)=O)C2)c1C. The molecule has 6 heteroatoms. The first-order chi connectivity index (χ1) is 9.43. The number of aromatic nitrogens is 2. The van der Waals surface area contributed by atoms with Gasteiger partial charge in [0.25, 0.3) is 0 Å². The average molecular weight is 277 g/mol. The standard InChI is InChI=1S/C14H23N5O/c1-8(2)12-17-13(16-4)9(3)14(18-12)19-6-5-10(7-19)11(15)20/h8,10H,5-7H2,1-4H3,(H2,15,20)(H,16,17,18). The zero-order valence-electron chi connectivity index (χ0n) is 12.6. The van der Waals surface area contributed by atoms with Gasteiger partial charge in [-0.15, -0.1) is 0 Å². The summed E-state index contributed by atoms with van der Waals surface area (Å²) < 4.78 is 0. The number of hydrogen-bond acceptors (Lipinski definition) is 5. The quantitative estimate of drug-likeness (QED) is 0.865. The number of nitrogens with zero attached hydrogens (tertiary/aromatic N) is 3. The summed E-state index contributed by atoms with van der Waals surface area (Å²) in [6, 6.07) is 0. The third-order valence-corrected chi connectivity index (χ3v) is 3.78. The molecular weight excluding hydrogens is 254 g/mol. The van der Waals surface area contributed by atoms with Crippen LogP contribution in [0.25, 0.3) is 0 Å². The normalized spacial score (nSPS) is 18.6. The summed E-state index contributed by atoms with van der Waals surface area (Å²) in [6.45, 7) is 7.61. The summed E-state index contributed by atoms with van der Waals surface area (Å²) in [7, 11) is 1.86. The van der Waals surface area contributed by atoms with Crippen molar-refractivity contribution in [1.29, 1.82) is 0 Å². The summed E-state index contributed by atoms with van der Waals surface area (Å²) in [4.78, 5) is 22.7. The predicted octanol–water partition coefficient (Wildman–Crippen LogP) is 1.26. The monoisotopic (exact) mass is 277 g/mol. The highest BCUT2D eigenvalue weighted by molar-refractivity contribution is 5.78. The molecule has 1 unspecified atom stereocenters. The molecule has 1 fully saturated rings. The van der Waals surface area contributed by atoms with Gasteiger partial charge in [-0.3, -0.25) is 4.79 Å². The topological polar surface area (TPSA) is 84.1 Å². The molecule has 0 saturated carbocycles. The minimum Gasteiger partial charge on any atom is -0.373 e. The van der Waals surface area contributed by atoms with Crippen molar-refractivity contribution in [2.24, 2.45) is 11.7 Å². The molecule has 0 aromatic carbocycles. The van der Waals surface area contributed by atoms with Gasteiger partial charge in [-0.2, -0.15) is 0 Å². The van der Waals surface area contributed by atoms with Crippen LogP contribution in [0.15, 0.2) is 0 Å². The van der Waals surface area contributed by atoms with E-state index in [2.05, 4.69) is 34.0 Å². The fourth-order valence-corrected chi connectivity index (χ4v) is 2.52. The maximum absolute atomic E-state index is 11.3. The van der Waals surface area contributed by atoms with Gasteiger partial charge >= 0.3 is 0 Å². The fraction of sp³-hybridized carbons (Fsp3) is 0.643. The third-order valence-electron chi connectivity index (χ3n) is 3.78. The molecule has 1 aliphatic rings. The van der Waals surface area contributed by atoms with Crippen LogP contribution in [0.1, 0.15) is 37.6 Å². The van der Waals surface area contributed by atoms with E-state index in [1.165, 1.54) is 0 Å². The number of nitrogens with two attached hydrogens (primary N) is 1. The number of nitrogens with one attached hydrogen (secondary N) is 1.